The maximum atomic E-state index is 3.67. The maximum Gasteiger partial charge on any atom is 0.0172 e. The molecule has 0 aromatic heterocycles. The molecular formula is C6H44N12. The van der Waals surface area contributed by atoms with E-state index < -0.39 is 0 Å². The van der Waals surface area contributed by atoms with Gasteiger partial charge in [0, 0.05) is 13.1 Å². The second-order valence-corrected chi connectivity index (χ2v) is 1.93. The second kappa shape index (κ2) is 72.8. The third-order valence-corrected chi connectivity index (χ3v) is 1.40. The molecule has 1 aliphatic rings. The van der Waals surface area contributed by atoms with Gasteiger partial charge in [0.05, 0.1) is 0 Å². The van der Waals surface area contributed by atoms with Gasteiger partial charge in [-0.15, -0.1) is 0 Å². The first-order valence-electron chi connectivity index (χ1n) is 2.80. The summed E-state index contributed by atoms with van der Waals surface area (Å²) in [5.41, 5.74) is 0. The van der Waals surface area contributed by atoms with Gasteiger partial charge in [0.15, 0.2) is 0 Å². The Morgan fingerprint density at radius 1 is 0.556 bits per heavy atom. The fourth-order valence-electron chi connectivity index (χ4n) is 0.924. The van der Waals surface area contributed by atoms with Gasteiger partial charge in [0.1, 0.15) is 0 Å². The molecule has 0 atom stereocenters. The Balaban J connectivity index is -0.00000000495. The summed E-state index contributed by atoms with van der Waals surface area (Å²) < 4.78 is 0. The predicted molar refractivity (Wildman–Crippen MR) is 86.2 cm³/mol. The van der Waals surface area contributed by atoms with Crippen LogP contribution in [0.4, 0.5) is 0 Å². The van der Waals surface area contributed by atoms with Crippen LogP contribution < -0.4 is 67.7 Å². The summed E-state index contributed by atoms with van der Waals surface area (Å²) in [6.45, 7) is 6.12. The number of rotatable bonds is 1. The third kappa shape index (κ3) is 45.8. The van der Waals surface area contributed by atoms with Crippen LogP contribution in [0.15, 0.2) is 12.8 Å². The zero-order chi connectivity index (χ0) is 5.11. The normalized spacial score (nSPS) is 7.89. The number of hydrogen-bond acceptors (Lipinski definition) is 12. The van der Waals surface area contributed by atoms with Gasteiger partial charge in [-0.25, -0.2) is 0 Å². The summed E-state index contributed by atoms with van der Waals surface area (Å²) in [6, 6.07) is 0. The van der Waals surface area contributed by atoms with Crippen LogP contribution in [-0.4, -0.2) is 18.0 Å². The monoisotopic (exact) mass is 284 g/mol. The Kier molecular flexibility index (Phi) is 482. The predicted octanol–water partition coefficient (Wildman–Crippen LogP) is 3.01. The minimum absolute atomic E-state index is 0. The van der Waals surface area contributed by atoms with Crippen molar-refractivity contribution in [2.45, 2.75) is 12.8 Å². The van der Waals surface area contributed by atoms with Crippen molar-refractivity contribution in [2.24, 2.45) is 0 Å². The molecule has 1 aliphatic heterocycles. The first kappa shape index (κ1) is 119. The van der Waals surface area contributed by atoms with Crippen molar-refractivity contribution in [2.75, 3.05) is 13.1 Å². The molecule has 0 aromatic carbocycles. The van der Waals surface area contributed by atoms with Crippen molar-refractivity contribution in [1.82, 2.24) is 72.6 Å². The first-order chi connectivity index (χ1) is 3.43. The van der Waals surface area contributed by atoms with Crippen LogP contribution >= 0.6 is 0 Å². The van der Waals surface area contributed by atoms with Crippen LogP contribution in [0, 0.1) is 0 Å². The molecule has 0 amide bonds. The van der Waals surface area contributed by atoms with Gasteiger partial charge in [-0.3, -0.25) is 0 Å². The standard InChI is InChI=1S/C6H11N.11H3N/c1-2-7-5-3-4-6-7;;;;;;;;;;;/h2H,1,3-6H2;11*1H3. The number of nitrogens with zero attached hydrogens (tertiary/aromatic N) is 1. The molecule has 0 bridgehead atoms. The molecule has 0 unspecified atom stereocenters. The maximum absolute atomic E-state index is 3.67. The molecule has 1 rings (SSSR count). The van der Waals surface area contributed by atoms with Crippen LogP contribution in [0.5, 0.6) is 0 Å². The second-order valence-electron chi connectivity index (χ2n) is 1.93. The van der Waals surface area contributed by atoms with Crippen molar-refractivity contribution in [1.29, 1.82) is 0 Å². The van der Waals surface area contributed by atoms with Crippen molar-refractivity contribution in [3.8, 4) is 0 Å². The quantitative estimate of drug-likeness (QED) is 0.330. The summed E-state index contributed by atoms with van der Waals surface area (Å²) in [5, 5.41) is 0. The van der Waals surface area contributed by atoms with Crippen LogP contribution in [0.25, 0.3) is 0 Å². The minimum atomic E-state index is 0. The summed E-state index contributed by atoms with van der Waals surface area (Å²) in [7, 11) is 0. The molecule has 0 radical (unpaired) electrons. The molecule has 1 fully saturated rings. The molecule has 128 valence electrons. The lowest BCUT2D eigenvalue weighted by Crippen LogP contribution is -2.08. The molecule has 18 heavy (non-hydrogen) atoms. The summed E-state index contributed by atoms with van der Waals surface area (Å²) >= 11 is 0. The van der Waals surface area contributed by atoms with E-state index in [2.05, 4.69) is 11.5 Å². The molecule has 12 nitrogen and oxygen atoms in total. The van der Waals surface area contributed by atoms with E-state index in [1.54, 1.807) is 0 Å². The molecule has 33 N–H and O–H groups in total. The van der Waals surface area contributed by atoms with Crippen LogP contribution in [0.2, 0.25) is 0 Å². The van der Waals surface area contributed by atoms with Gasteiger partial charge in [0.2, 0.25) is 0 Å². The highest BCUT2D eigenvalue weighted by atomic mass is 15.1. The lowest BCUT2D eigenvalue weighted by atomic mass is 10.4. The average Bonchev–Trinajstić information content (AvgIpc) is 2.14. The fraction of sp³-hybridized carbons (Fsp3) is 0.667. The lowest BCUT2D eigenvalue weighted by molar-refractivity contribution is 0.469. The molecule has 0 aromatic rings. The third-order valence-electron chi connectivity index (χ3n) is 1.40. The van der Waals surface area contributed by atoms with Gasteiger partial charge in [-0.05, 0) is 19.0 Å². The highest BCUT2D eigenvalue weighted by Crippen LogP contribution is 2.05. The van der Waals surface area contributed by atoms with E-state index in [4.69, 9.17) is 0 Å². The zero-order valence-corrected chi connectivity index (χ0v) is 12.3. The summed E-state index contributed by atoms with van der Waals surface area (Å²) in [5.74, 6) is 0. The Bertz CT molecular complexity index is 75.0. The Hall–Kier alpha value is -0.900. The fourth-order valence-corrected chi connectivity index (χ4v) is 0.924. The Morgan fingerprint density at radius 3 is 0.889 bits per heavy atom. The molecule has 0 spiro atoms. The van der Waals surface area contributed by atoms with E-state index in [1.165, 1.54) is 25.9 Å². The zero-order valence-electron chi connectivity index (χ0n) is 12.3. The molecule has 0 aliphatic carbocycles. The minimum Gasteiger partial charge on any atom is -0.378 e. The molecule has 0 saturated carbocycles. The summed E-state index contributed by atoms with van der Waals surface area (Å²) in [6.07, 6.45) is 4.63. The topological polar surface area (TPSA) is 388 Å². The van der Waals surface area contributed by atoms with Gasteiger partial charge in [0.25, 0.3) is 0 Å². The first-order valence-corrected chi connectivity index (χ1v) is 2.80. The van der Waals surface area contributed by atoms with Crippen molar-refractivity contribution in [3.63, 3.8) is 0 Å². The summed E-state index contributed by atoms with van der Waals surface area (Å²) in [4.78, 5) is 2.25. The van der Waals surface area contributed by atoms with E-state index in [9.17, 15) is 0 Å². The highest BCUT2D eigenvalue weighted by molar-refractivity contribution is 4.75. The van der Waals surface area contributed by atoms with Gasteiger partial charge >= 0.3 is 0 Å². The Morgan fingerprint density at radius 2 is 0.778 bits per heavy atom. The molecule has 1 heterocycles. The number of hydrogen-bond donors (Lipinski definition) is 11. The van der Waals surface area contributed by atoms with Gasteiger partial charge in [-0.2, -0.15) is 0 Å². The lowest BCUT2D eigenvalue weighted by Gasteiger charge is -2.07. The average molecular weight is 285 g/mol. The van der Waals surface area contributed by atoms with Crippen LogP contribution in [-0.2, 0) is 0 Å². The van der Waals surface area contributed by atoms with E-state index >= 15 is 0 Å². The smallest absolute Gasteiger partial charge is 0.0172 e. The largest absolute Gasteiger partial charge is 0.378 e. The van der Waals surface area contributed by atoms with E-state index in [0.29, 0.717) is 0 Å². The molecule has 1 saturated heterocycles. The van der Waals surface area contributed by atoms with Crippen molar-refractivity contribution < 1.29 is 0 Å². The molecular weight excluding hydrogens is 240 g/mol. The van der Waals surface area contributed by atoms with Gasteiger partial charge in [-0.1, -0.05) is 6.58 Å². The van der Waals surface area contributed by atoms with E-state index in [-0.39, 0.29) is 67.7 Å². The van der Waals surface area contributed by atoms with Crippen molar-refractivity contribution in [3.05, 3.63) is 12.8 Å². The molecule has 12 heteroatoms. The highest BCUT2D eigenvalue weighted by Gasteiger charge is 2.04. The Labute approximate surface area is 112 Å². The van der Waals surface area contributed by atoms with Crippen LogP contribution in [0.1, 0.15) is 12.8 Å². The van der Waals surface area contributed by atoms with E-state index in [1.807, 2.05) is 6.20 Å². The van der Waals surface area contributed by atoms with Crippen molar-refractivity contribution >= 4 is 0 Å². The number of likely N-dealkylation sites (tertiary alicyclic amines) is 1. The van der Waals surface area contributed by atoms with Crippen LogP contribution in [0.3, 0.4) is 0 Å². The SMILES string of the molecule is C=CN1CCCC1.N.N.N.N.N.N.N.N.N.N.N. The van der Waals surface area contributed by atoms with E-state index in [0.717, 1.165) is 0 Å². The van der Waals surface area contributed by atoms with Gasteiger partial charge < -0.3 is 72.6 Å².